The number of aryl methyl sites for hydroxylation is 3. The van der Waals surface area contributed by atoms with Crippen LogP contribution >= 0.6 is 11.8 Å². The van der Waals surface area contributed by atoms with Crippen LogP contribution in [0.15, 0.2) is 47.4 Å². The van der Waals surface area contributed by atoms with E-state index in [1.54, 1.807) is 11.8 Å². The number of nitrogens with one attached hydrogen (secondary N) is 2. The predicted octanol–water partition coefficient (Wildman–Crippen LogP) is 3.62. The third kappa shape index (κ3) is 6.98. The van der Waals surface area contributed by atoms with Gasteiger partial charge in [0.15, 0.2) is 0 Å². The first-order valence-corrected chi connectivity index (χ1v) is 9.93. The Morgan fingerprint density at radius 1 is 1.07 bits per heavy atom. The van der Waals surface area contributed by atoms with Crippen LogP contribution in [0.3, 0.4) is 0 Å². The summed E-state index contributed by atoms with van der Waals surface area (Å²) < 4.78 is 0. The molecule has 0 heterocycles. The second-order valence-corrected chi connectivity index (χ2v) is 7.79. The van der Waals surface area contributed by atoms with Crippen molar-refractivity contribution in [1.82, 2.24) is 10.6 Å². The van der Waals surface area contributed by atoms with Crippen LogP contribution in [-0.4, -0.2) is 24.2 Å². The molecule has 144 valence electrons. The van der Waals surface area contributed by atoms with Crippen LogP contribution in [0.1, 0.15) is 34.7 Å². The molecule has 0 radical (unpaired) electrons. The van der Waals surface area contributed by atoms with Gasteiger partial charge in [-0.1, -0.05) is 35.9 Å². The Kier molecular flexibility index (Phi) is 7.73. The molecule has 3 amide bonds. The van der Waals surface area contributed by atoms with Crippen LogP contribution in [0.4, 0.5) is 4.79 Å². The van der Waals surface area contributed by atoms with Crippen molar-refractivity contribution in [2.24, 2.45) is 5.73 Å². The van der Waals surface area contributed by atoms with Crippen LogP contribution in [0, 0.1) is 20.8 Å². The van der Waals surface area contributed by atoms with Gasteiger partial charge in [-0.25, -0.2) is 4.79 Å². The molecule has 0 aliphatic carbocycles. The summed E-state index contributed by atoms with van der Waals surface area (Å²) in [5, 5.41) is 5.57. The maximum atomic E-state index is 12.3. The lowest BCUT2D eigenvalue weighted by Gasteiger charge is -2.18. The predicted molar refractivity (Wildman–Crippen MR) is 111 cm³/mol. The van der Waals surface area contributed by atoms with Gasteiger partial charge in [0.2, 0.25) is 5.91 Å². The van der Waals surface area contributed by atoms with E-state index < -0.39 is 12.1 Å². The van der Waals surface area contributed by atoms with Crippen molar-refractivity contribution < 1.29 is 9.59 Å². The fraction of sp³-hybridized carbons (Fsp3) is 0.333. The minimum atomic E-state index is -0.639. The van der Waals surface area contributed by atoms with Gasteiger partial charge in [-0.15, -0.1) is 11.8 Å². The topological polar surface area (TPSA) is 84.2 Å². The summed E-state index contributed by atoms with van der Waals surface area (Å²) in [6.07, 6.45) is 0.153. The smallest absolute Gasteiger partial charge is 0.312 e. The maximum Gasteiger partial charge on any atom is 0.312 e. The molecule has 2 rings (SSSR count). The number of carbonyl (C=O) groups is 2. The zero-order valence-electron chi connectivity index (χ0n) is 16.0. The molecule has 0 bridgehead atoms. The lowest BCUT2D eigenvalue weighted by Crippen LogP contribution is -2.37. The Balaban J connectivity index is 1.84. The zero-order valence-corrected chi connectivity index (χ0v) is 16.9. The third-order valence-electron chi connectivity index (χ3n) is 4.32. The normalized spacial score (nSPS) is 11.7. The molecular formula is C21H27N3O2S. The molecule has 0 aromatic heterocycles. The Morgan fingerprint density at radius 2 is 1.85 bits per heavy atom. The van der Waals surface area contributed by atoms with Gasteiger partial charge in [0.05, 0.1) is 12.5 Å². The molecular weight excluding hydrogens is 358 g/mol. The summed E-state index contributed by atoms with van der Waals surface area (Å²) in [7, 11) is 0. The lowest BCUT2D eigenvalue weighted by atomic mass is 10.0. The van der Waals surface area contributed by atoms with E-state index >= 15 is 0 Å². The Bertz CT molecular complexity index is 808. The number of hydrogen-bond donors (Lipinski definition) is 3. The highest BCUT2D eigenvalue weighted by Crippen LogP contribution is 2.21. The number of benzene rings is 2. The molecule has 0 aliphatic heterocycles. The van der Waals surface area contributed by atoms with Gasteiger partial charge in [0, 0.05) is 17.2 Å². The van der Waals surface area contributed by atoms with Crippen molar-refractivity contribution in [3.8, 4) is 0 Å². The van der Waals surface area contributed by atoms with E-state index in [-0.39, 0.29) is 12.3 Å². The lowest BCUT2D eigenvalue weighted by molar-refractivity contribution is -0.121. The van der Waals surface area contributed by atoms with Crippen LogP contribution in [-0.2, 0) is 4.79 Å². The zero-order chi connectivity index (χ0) is 19.8. The molecule has 0 saturated heterocycles. The second kappa shape index (κ2) is 10.0. The van der Waals surface area contributed by atoms with Gasteiger partial charge in [0.1, 0.15) is 0 Å². The molecule has 0 aliphatic rings. The van der Waals surface area contributed by atoms with E-state index in [0.29, 0.717) is 6.54 Å². The van der Waals surface area contributed by atoms with Gasteiger partial charge in [-0.3, -0.25) is 4.79 Å². The van der Waals surface area contributed by atoms with E-state index in [1.807, 2.05) is 31.2 Å². The van der Waals surface area contributed by atoms with E-state index in [1.165, 1.54) is 16.0 Å². The summed E-state index contributed by atoms with van der Waals surface area (Å²) >= 11 is 1.71. The number of hydrogen-bond acceptors (Lipinski definition) is 3. The summed E-state index contributed by atoms with van der Waals surface area (Å²) in [6.45, 7) is 6.72. The highest BCUT2D eigenvalue weighted by atomic mass is 32.2. The largest absolute Gasteiger partial charge is 0.355 e. The number of carbonyl (C=O) groups excluding carboxylic acids is 2. The monoisotopic (exact) mass is 385 g/mol. The van der Waals surface area contributed by atoms with Gasteiger partial charge in [-0.05, 0) is 49.6 Å². The van der Waals surface area contributed by atoms with Crippen LogP contribution < -0.4 is 16.4 Å². The quantitative estimate of drug-likeness (QED) is 0.479. The Labute approximate surface area is 165 Å². The van der Waals surface area contributed by atoms with Crippen molar-refractivity contribution in [3.05, 3.63) is 64.7 Å². The third-order valence-corrected chi connectivity index (χ3v) is 5.32. The van der Waals surface area contributed by atoms with Crippen molar-refractivity contribution >= 4 is 23.7 Å². The van der Waals surface area contributed by atoms with Gasteiger partial charge in [-0.2, -0.15) is 0 Å². The molecule has 6 heteroatoms. The van der Waals surface area contributed by atoms with Crippen LogP contribution in [0.5, 0.6) is 0 Å². The number of nitrogens with two attached hydrogens (primary N) is 1. The molecule has 0 spiro atoms. The van der Waals surface area contributed by atoms with Gasteiger partial charge < -0.3 is 16.4 Å². The number of urea groups is 1. The fourth-order valence-corrected chi connectivity index (χ4v) is 3.60. The summed E-state index contributed by atoms with van der Waals surface area (Å²) in [6, 6.07) is 13.0. The highest BCUT2D eigenvalue weighted by Gasteiger charge is 2.17. The standard InChI is InChI=1S/C21H27N3O2S/c1-14-5-4-6-17(11-14)19(24-21(22)26)13-20(25)23-9-10-27-18-8-7-15(2)16(3)12-18/h4-8,11-12,19H,9-10,13H2,1-3H3,(H,23,25)(H3,22,24,26). The van der Waals surface area contributed by atoms with Crippen LogP contribution in [0.2, 0.25) is 0 Å². The minimum absolute atomic E-state index is 0.115. The van der Waals surface area contributed by atoms with E-state index in [0.717, 1.165) is 16.9 Å². The first kappa shape index (κ1) is 20.8. The average molecular weight is 386 g/mol. The minimum Gasteiger partial charge on any atom is -0.355 e. The number of primary amides is 1. The van der Waals surface area contributed by atoms with Gasteiger partial charge >= 0.3 is 6.03 Å². The number of amides is 3. The maximum absolute atomic E-state index is 12.3. The molecule has 0 fully saturated rings. The van der Waals surface area contributed by atoms with Crippen LogP contribution in [0.25, 0.3) is 0 Å². The summed E-state index contributed by atoms with van der Waals surface area (Å²) in [5.41, 5.74) is 9.74. The molecule has 27 heavy (non-hydrogen) atoms. The Hall–Kier alpha value is -2.47. The number of rotatable bonds is 8. The number of thioether (sulfide) groups is 1. The molecule has 1 unspecified atom stereocenters. The average Bonchev–Trinajstić information content (AvgIpc) is 2.61. The SMILES string of the molecule is Cc1cccc(C(CC(=O)NCCSc2ccc(C)c(C)c2)NC(N)=O)c1. The summed E-state index contributed by atoms with van der Waals surface area (Å²) in [4.78, 5) is 24.8. The van der Waals surface area contributed by atoms with E-state index in [4.69, 9.17) is 5.73 Å². The van der Waals surface area contributed by atoms with Crippen molar-refractivity contribution in [2.45, 2.75) is 38.1 Å². The molecule has 0 saturated carbocycles. The molecule has 5 nitrogen and oxygen atoms in total. The fourth-order valence-electron chi connectivity index (χ4n) is 2.73. The van der Waals surface area contributed by atoms with Crippen molar-refractivity contribution in [1.29, 1.82) is 0 Å². The van der Waals surface area contributed by atoms with Crippen molar-refractivity contribution in [3.63, 3.8) is 0 Å². The van der Waals surface area contributed by atoms with E-state index in [9.17, 15) is 9.59 Å². The second-order valence-electron chi connectivity index (χ2n) is 6.62. The summed E-state index contributed by atoms with van der Waals surface area (Å²) in [5.74, 6) is 0.669. The Morgan fingerprint density at radius 3 is 2.52 bits per heavy atom. The van der Waals surface area contributed by atoms with Gasteiger partial charge in [0.25, 0.3) is 0 Å². The highest BCUT2D eigenvalue weighted by molar-refractivity contribution is 7.99. The first-order valence-electron chi connectivity index (χ1n) is 8.94. The first-order chi connectivity index (χ1) is 12.8. The van der Waals surface area contributed by atoms with Crippen molar-refractivity contribution in [2.75, 3.05) is 12.3 Å². The molecule has 2 aromatic rings. The van der Waals surface area contributed by atoms with E-state index in [2.05, 4.69) is 42.7 Å². The molecule has 1 atom stereocenters. The molecule has 4 N–H and O–H groups in total. The molecule has 2 aromatic carbocycles.